The summed E-state index contributed by atoms with van der Waals surface area (Å²) >= 11 is 0. The summed E-state index contributed by atoms with van der Waals surface area (Å²) in [6.07, 6.45) is -4.16. The van der Waals surface area contributed by atoms with Gasteiger partial charge in [0.05, 0.1) is 10.5 Å². The van der Waals surface area contributed by atoms with Crippen LogP contribution in [0.25, 0.3) is 0 Å². The highest BCUT2D eigenvalue weighted by molar-refractivity contribution is 5.95. The summed E-state index contributed by atoms with van der Waals surface area (Å²) in [5.74, 6) is -1.53. The van der Waals surface area contributed by atoms with Gasteiger partial charge in [0.1, 0.15) is 0 Å². The SMILES string of the molecule is Cc1ccc(NC(=O)C2CC2c2ccccc2C(F)(F)F)cc1[N+](=O)[O-]. The van der Waals surface area contributed by atoms with Crippen molar-refractivity contribution in [3.63, 3.8) is 0 Å². The number of carbonyl (C=O) groups excluding carboxylic acids is 1. The summed E-state index contributed by atoms with van der Waals surface area (Å²) < 4.78 is 39.3. The molecule has 2 unspecified atom stereocenters. The number of aryl methyl sites for hydroxylation is 1. The smallest absolute Gasteiger partial charge is 0.326 e. The highest BCUT2D eigenvalue weighted by Crippen LogP contribution is 2.51. The normalized spacial score (nSPS) is 19.1. The van der Waals surface area contributed by atoms with Crippen molar-refractivity contribution in [2.75, 3.05) is 5.32 Å². The van der Waals surface area contributed by atoms with E-state index in [9.17, 15) is 28.1 Å². The van der Waals surface area contributed by atoms with Crippen molar-refractivity contribution in [1.29, 1.82) is 0 Å². The lowest BCUT2D eigenvalue weighted by atomic mass is 10.0. The number of nitro groups is 1. The second kappa shape index (κ2) is 6.44. The molecule has 1 aliphatic rings. The van der Waals surface area contributed by atoms with Crippen molar-refractivity contribution in [1.82, 2.24) is 0 Å². The van der Waals surface area contributed by atoms with Crippen LogP contribution in [-0.2, 0) is 11.0 Å². The monoisotopic (exact) mass is 364 g/mol. The fourth-order valence-corrected chi connectivity index (χ4v) is 3.03. The van der Waals surface area contributed by atoms with E-state index in [1.54, 1.807) is 6.92 Å². The number of amides is 1. The zero-order valence-electron chi connectivity index (χ0n) is 13.7. The van der Waals surface area contributed by atoms with Crippen molar-refractivity contribution in [3.05, 3.63) is 69.3 Å². The Hall–Kier alpha value is -2.90. The fourth-order valence-electron chi connectivity index (χ4n) is 3.03. The molecule has 0 radical (unpaired) electrons. The van der Waals surface area contributed by atoms with Gasteiger partial charge in [0.25, 0.3) is 5.69 Å². The maximum atomic E-state index is 13.1. The molecule has 1 N–H and O–H groups in total. The van der Waals surface area contributed by atoms with Crippen LogP contribution in [0.3, 0.4) is 0 Å². The van der Waals surface area contributed by atoms with Crippen molar-refractivity contribution in [2.24, 2.45) is 5.92 Å². The first-order chi connectivity index (χ1) is 12.2. The number of carbonyl (C=O) groups is 1. The number of hydrogen-bond acceptors (Lipinski definition) is 3. The molecule has 0 spiro atoms. The Bertz CT molecular complexity index is 880. The van der Waals surface area contributed by atoms with Gasteiger partial charge in [0.2, 0.25) is 5.91 Å². The maximum absolute atomic E-state index is 13.1. The van der Waals surface area contributed by atoms with Crippen LogP contribution in [0.5, 0.6) is 0 Å². The summed E-state index contributed by atoms with van der Waals surface area (Å²) in [4.78, 5) is 22.7. The average molecular weight is 364 g/mol. The molecule has 5 nitrogen and oxygen atoms in total. The van der Waals surface area contributed by atoms with Gasteiger partial charge >= 0.3 is 6.18 Å². The molecular formula is C18H15F3N2O3. The molecule has 2 aromatic rings. The Balaban J connectivity index is 1.75. The highest BCUT2D eigenvalue weighted by Gasteiger charge is 2.47. The molecule has 1 aliphatic carbocycles. The molecule has 0 aromatic heterocycles. The number of rotatable bonds is 4. The molecule has 3 rings (SSSR count). The molecule has 26 heavy (non-hydrogen) atoms. The van der Waals surface area contributed by atoms with E-state index in [2.05, 4.69) is 5.32 Å². The van der Waals surface area contributed by atoms with Crippen LogP contribution in [0.15, 0.2) is 42.5 Å². The number of alkyl halides is 3. The summed E-state index contributed by atoms with van der Waals surface area (Å²) in [6, 6.07) is 9.51. The molecule has 0 heterocycles. The van der Waals surface area contributed by atoms with E-state index < -0.39 is 34.4 Å². The molecule has 2 atom stereocenters. The minimum atomic E-state index is -4.47. The first kappa shape index (κ1) is 17.9. The van der Waals surface area contributed by atoms with E-state index in [1.807, 2.05) is 0 Å². The van der Waals surface area contributed by atoms with Gasteiger partial charge in [-0.15, -0.1) is 0 Å². The number of halogens is 3. The number of nitrogens with zero attached hydrogens (tertiary/aromatic N) is 1. The molecule has 2 aromatic carbocycles. The predicted molar refractivity (Wildman–Crippen MR) is 88.8 cm³/mol. The third kappa shape index (κ3) is 3.54. The summed E-state index contributed by atoms with van der Waals surface area (Å²) in [6.45, 7) is 1.58. The molecule has 1 amide bonds. The molecule has 0 saturated heterocycles. The van der Waals surface area contributed by atoms with Crippen LogP contribution < -0.4 is 5.32 Å². The van der Waals surface area contributed by atoms with Gasteiger partial charge in [-0.2, -0.15) is 13.2 Å². The highest BCUT2D eigenvalue weighted by atomic mass is 19.4. The van der Waals surface area contributed by atoms with Gasteiger partial charge in [-0.05, 0) is 37.0 Å². The standard InChI is InChI=1S/C18H15F3N2O3/c1-10-6-7-11(8-16(10)23(25)26)22-17(24)14-9-13(14)12-4-2-3-5-15(12)18(19,20)21/h2-8,13-14H,9H2,1H3,(H,22,24). The van der Waals surface area contributed by atoms with Crippen molar-refractivity contribution >= 4 is 17.3 Å². The number of benzene rings is 2. The molecule has 0 bridgehead atoms. The third-order valence-corrected chi connectivity index (χ3v) is 4.47. The van der Waals surface area contributed by atoms with Crippen molar-refractivity contribution in [3.8, 4) is 0 Å². The van der Waals surface area contributed by atoms with E-state index in [0.717, 1.165) is 6.07 Å². The van der Waals surface area contributed by atoms with Crippen molar-refractivity contribution < 1.29 is 22.9 Å². The van der Waals surface area contributed by atoms with E-state index in [0.29, 0.717) is 12.0 Å². The van der Waals surface area contributed by atoms with E-state index >= 15 is 0 Å². The Morgan fingerprint density at radius 3 is 2.58 bits per heavy atom. The first-order valence-electron chi connectivity index (χ1n) is 7.90. The van der Waals surface area contributed by atoms with Gasteiger partial charge in [0.15, 0.2) is 0 Å². The largest absolute Gasteiger partial charge is 0.416 e. The van der Waals surface area contributed by atoms with Crippen LogP contribution in [0.2, 0.25) is 0 Å². The molecule has 1 fully saturated rings. The summed E-state index contributed by atoms with van der Waals surface area (Å²) in [5, 5.41) is 13.5. The van der Waals surface area contributed by atoms with E-state index in [-0.39, 0.29) is 16.9 Å². The quantitative estimate of drug-likeness (QED) is 0.633. The summed E-state index contributed by atoms with van der Waals surface area (Å²) in [7, 11) is 0. The topological polar surface area (TPSA) is 72.2 Å². The number of nitro benzene ring substituents is 1. The predicted octanol–water partition coefficient (Wildman–Crippen LogP) is 4.66. The Labute approximate surface area is 147 Å². The maximum Gasteiger partial charge on any atom is 0.416 e. The van der Waals surface area contributed by atoms with Crippen LogP contribution in [-0.4, -0.2) is 10.8 Å². The Morgan fingerprint density at radius 2 is 1.92 bits per heavy atom. The molecule has 136 valence electrons. The lowest BCUT2D eigenvalue weighted by Gasteiger charge is -2.12. The molecule has 0 aliphatic heterocycles. The lowest BCUT2D eigenvalue weighted by Crippen LogP contribution is -2.16. The van der Waals surface area contributed by atoms with Crippen LogP contribution in [0.4, 0.5) is 24.5 Å². The Kier molecular flexibility index (Phi) is 4.43. The minimum Gasteiger partial charge on any atom is -0.326 e. The molecule has 1 saturated carbocycles. The second-order valence-electron chi connectivity index (χ2n) is 6.28. The number of nitrogens with one attached hydrogen (secondary N) is 1. The van der Waals surface area contributed by atoms with Gasteiger partial charge in [-0.3, -0.25) is 14.9 Å². The number of hydrogen-bond donors (Lipinski definition) is 1. The molecular weight excluding hydrogens is 349 g/mol. The Morgan fingerprint density at radius 1 is 1.23 bits per heavy atom. The third-order valence-electron chi connectivity index (χ3n) is 4.47. The fraction of sp³-hybridized carbons (Fsp3) is 0.278. The summed E-state index contributed by atoms with van der Waals surface area (Å²) in [5.41, 5.74) is -0.0441. The minimum absolute atomic E-state index is 0.107. The number of anilines is 1. The van der Waals surface area contributed by atoms with Crippen LogP contribution in [0, 0.1) is 23.0 Å². The van der Waals surface area contributed by atoms with E-state index in [1.165, 1.54) is 36.4 Å². The van der Waals surface area contributed by atoms with E-state index in [4.69, 9.17) is 0 Å². The molecule has 8 heteroatoms. The zero-order chi connectivity index (χ0) is 19.1. The van der Waals surface area contributed by atoms with Crippen molar-refractivity contribution in [2.45, 2.75) is 25.4 Å². The van der Waals surface area contributed by atoms with Gasteiger partial charge < -0.3 is 5.32 Å². The zero-order valence-corrected chi connectivity index (χ0v) is 13.7. The van der Waals surface area contributed by atoms with Gasteiger partial charge in [-0.1, -0.05) is 24.3 Å². The van der Waals surface area contributed by atoms with Crippen LogP contribution in [0.1, 0.15) is 29.0 Å². The lowest BCUT2D eigenvalue weighted by molar-refractivity contribution is -0.385. The van der Waals surface area contributed by atoms with Gasteiger partial charge in [-0.25, -0.2) is 0 Å². The van der Waals surface area contributed by atoms with Crippen LogP contribution >= 0.6 is 0 Å². The average Bonchev–Trinajstić information content (AvgIpc) is 3.36. The second-order valence-corrected chi connectivity index (χ2v) is 6.28. The first-order valence-corrected chi connectivity index (χ1v) is 7.90. The van der Waals surface area contributed by atoms with Gasteiger partial charge in [0, 0.05) is 23.2 Å².